The van der Waals surface area contributed by atoms with Gasteiger partial charge in [0.05, 0.1) is 43.4 Å². The summed E-state index contributed by atoms with van der Waals surface area (Å²) in [4.78, 5) is 29.3. The molecule has 250 valence electrons. The number of nitrogens with one attached hydrogen (secondary N) is 1. The molecule has 0 radical (unpaired) electrons. The normalized spacial score (nSPS) is 20.4. The van der Waals surface area contributed by atoms with Crippen LogP contribution >= 0.6 is 0 Å². The molecule has 4 aromatic rings. The van der Waals surface area contributed by atoms with E-state index < -0.39 is 24.2 Å². The van der Waals surface area contributed by atoms with E-state index in [2.05, 4.69) is 25.1 Å². The molecule has 1 unspecified atom stereocenters. The van der Waals surface area contributed by atoms with E-state index in [1.54, 1.807) is 53.3 Å². The van der Waals surface area contributed by atoms with Crippen molar-refractivity contribution in [2.45, 2.75) is 44.6 Å². The van der Waals surface area contributed by atoms with Crippen LogP contribution in [0.1, 0.15) is 35.2 Å². The van der Waals surface area contributed by atoms with Gasteiger partial charge in [0.15, 0.2) is 12.0 Å². The fraction of sp³-hybridized carbons (Fsp3) is 0.400. The molecule has 48 heavy (non-hydrogen) atoms. The Kier molecular flexibility index (Phi) is 7.99. The summed E-state index contributed by atoms with van der Waals surface area (Å²) in [7, 11) is 1.75. The average Bonchev–Trinajstić information content (AvgIpc) is 3.38. The van der Waals surface area contributed by atoms with E-state index in [0.29, 0.717) is 46.2 Å². The smallest absolute Gasteiger partial charge is 0.283 e. The Bertz CT molecular complexity index is 1970. The fourth-order valence-corrected chi connectivity index (χ4v) is 7.34. The maximum atomic E-state index is 15.5. The third-order valence-corrected chi connectivity index (χ3v) is 10.1. The highest BCUT2D eigenvalue weighted by Crippen LogP contribution is 2.32. The Morgan fingerprint density at radius 2 is 1.88 bits per heavy atom. The number of anilines is 2. The van der Waals surface area contributed by atoms with Crippen molar-refractivity contribution in [2.24, 2.45) is 0 Å². The van der Waals surface area contributed by atoms with Gasteiger partial charge in [0.25, 0.3) is 5.56 Å². The molecule has 2 fully saturated rings. The van der Waals surface area contributed by atoms with Crippen LogP contribution in [0.3, 0.4) is 0 Å². The van der Waals surface area contributed by atoms with Crippen LogP contribution in [0.4, 0.5) is 15.9 Å². The van der Waals surface area contributed by atoms with Crippen LogP contribution in [0.5, 0.6) is 0 Å². The van der Waals surface area contributed by atoms with E-state index in [4.69, 9.17) is 4.74 Å². The Labute approximate surface area is 277 Å². The SMILES string of the molecule is CN1C=C(c2ccnc(-n3ccn4c5c(c(F)c4c3=O)CCCC5)c2CO)C=C(Nc2ccc(N3CCN(C4COC4)CC3)cn2)C1O. The van der Waals surface area contributed by atoms with E-state index >= 15 is 4.39 Å². The second kappa shape index (κ2) is 12.5. The van der Waals surface area contributed by atoms with Crippen molar-refractivity contribution in [3.05, 3.63) is 99.5 Å². The number of fused-ring (bicyclic) bond motifs is 3. The summed E-state index contributed by atoms with van der Waals surface area (Å²) in [5.41, 5.74) is 4.18. The van der Waals surface area contributed by atoms with Crippen molar-refractivity contribution in [3.8, 4) is 5.82 Å². The number of ether oxygens (including phenoxy) is 1. The van der Waals surface area contributed by atoms with Crippen molar-refractivity contribution in [1.82, 2.24) is 28.7 Å². The highest BCUT2D eigenvalue weighted by molar-refractivity contribution is 5.79. The number of allylic oxidation sites excluding steroid dienone is 2. The van der Waals surface area contributed by atoms with E-state index in [9.17, 15) is 15.0 Å². The number of piperazine rings is 1. The number of rotatable bonds is 7. The number of halogens is 1. The maximum Gasteiger partial charge on any atom is 0.283 e. The number of hydrogen-bond acceptors (Lipinski definition) is 10. The van der Waals surface area contributed by atoms with Crippen LogP contribution in [-0.4, -0.2) is 97.7 Å². The minimum atomic E-state index is -0.967. The lowest BCUT2D eigenvalue weighted by Crippen LogP contribution is -2.56. The van der Waals surface area contributed by atoms with Gasteiger partial charge >= 0.3 is 0 Å². The minimum Gasteiger partial charge on any atom is -0.392 e. The number of pyridine rings is 2. The Hall–Kier alpha value is -4.56. The molecule has 0 amide bonds. The number of aliphatic hydroxyl groups is 2. The summed E-state index contributed by atoms with van der Waals surface area (Å²) < 4.78 is 23.8. The number of nitrogens with zero attached hydrogens (tertiary/aromatic N) is 7. The van der Waals surface area contributed by atoms with Gasteiger partial charge in [-0.2, -0.15) is 0 Å². The third-order valence-electron chi connectivity index (χ3n) is 10.1. The summed E-state index contributed by atoms with van der Waals surface area (Å²) in [5.74, 6) is 0.329. The van der Waals surface area contributed by atoms with Gasteiger partial charge in [-0.15, -0.1) is 0 Å². The van der Waals surface area contributed by atoms with Crippen molar-refractivity contribution in [2.75, 3.05) is 56.7 Å². The van der Waals surface area contributed by atoms with Gasteiger partial charge in [-0.1, -0.05) is 0 Å². The number of aliphatic hydroxyl groups excluding tert-OH is 2. The summed E-state index contributed by atoms with van der Waals surface area (Å²) in [5, 5.41) is 24.9. The topological polar surface area (TPSA) is 124 Å². The molecule has 0 saturated carbocycles. The molecule has 1 aliphatic carbocycles. The van der Waals surface area contributed by atoms with E-state index in [-0.39, 0.29) is 11.3 Å². The van der Waals surface area contributed by atoms with Gasteiger partial charge in [0.1, 0.15) is 17.2 Å². The van der Waals surface area contributed by atoms with Crippen LogP contribution in [0.15, 0.2) is 65.8 Å². The summed E-state index contributed by atoms with van der Waals surface area (Å²) in [6.07, 6.45) is 12.5. The van der Waals surface area contributed by atoms with Crippen LogP contribution in [-0.2, 0) is 24.2 Å². The summed E-state index contributed by atoms with van der Waals surface area (Å²) in [6.45, 7) is 5.08. The first-order chi connectivity index (χ1) is 23.4. The van der Waals surface area contributed by atoms with Crippen LogP contribution < -0.4 is 15.8 Å². The quantitative estimate of drug-likeness (QED) is 0.274. The van der Waals surface area contributed by atoms with Crippen LogP contribution in [0.2, 0.25) is 0 Å². The molecule has 0 spiro atoms. The highest BCUT2D eigenvalue weighted by Gasteiger charge is 2.30. The van der Waals surface area contributed by atoms with Gasteiger partial charge in [0, 0.05) is 80.4 Å². The summed E-state index contributed by atoms with van der Waals surface area (Å²) >= 11 is 0. The first kappa shape index (κ1) is 30.8. The van der Waals surface area contributed by atoms with Crippen molar-refractivity contribution in [3.63, 3.8) is 0 Å². The van der Waals surface area contributed by atoms with Crippen molar-refractivity contribution in [1.29, 1.82) is 0 Å². The Morgan fingerprint density at radius 3 is 2.60 bits per heavy atom. The molecular weight excluding hydrogens is 615 g/mol. The van der Waals surface area contributed by atoms with Gasteiger partial charge in [-0.05, 0) is 55.5 Å². The standard InChI is InChI=1S/C35H39FN8O4/c1-40-18-22(16-28(34(40)46)39-30-7-6-23(17-38-30)41-10-12-42(13-11-41)24-20-48-21-24)25-8-9-37-33(27(25)19-45)44-15-14-43-29-5-3-2-4-26(29)31(36)32(43)35(44)47/h6-9,14-18,24,34,45-46H,2-5,10-13,19-21H2,1H3,(H,38,39). The molecular formula is C35H39FN8O4. The number of hydrogen-bond donors (Lipinski definition) is 3. The zero-order valence-electron chi connectivity index (χ0n) is 26.8. The molecule has 3 aliphatic heterocycles. The maximum absolute atomic E-state index is 15.5. The first-order valence-corrected chi connectivity index (χ1v) is 16.6. The van der Waals surface area contributed by atoms with Crippen molar-refractivity contribution >= 4 is 22.6 Å². The van der Waals surface area contributed by atoms with Gasteiger partial charge in [-0.3, -0.25) is 14.3 Å². The number of aromatic nitrogens is 4. The second-order valence-corrected chi connectivity index (χ2v) is 12.9. The van der Waals surface area contributed by atoms with Crippen molar-refractivity contribution < 1.29 is 19.3 Å². The lowest BCUT2D eigenvalue weighted by Gasteiger charge is -2.43. The first-order valence-electron chi connectivity index (χ1n) is 16.6. The number of aryl methyl sites for hydroxylation is 1. The predicted molar refractivity (Wildman–Crippen MR) is 179 cm³/mol. The number of likely N-dealkylation sites (N-methyl/N-ethyl adjacent to an activating group) is 1. The minimum absolute atomic E-state index is 0.00356. The fourth-order valence-electron chi connectivity index (χ4n) is 7.34. The lowest BCUT2D eigenvalue weighted by molar-refractivity contribution is -0.0660. The average molecular weight is 655 g/mol. The molecule has 7 heterocycles. The predicted octanol–water partition coefficient (Wildman–Crippen LogP) is 2.51. The summed E-state index contributed by atoms with van der Waals surface area (Å²) in [6, 6.07) is 6.23. The monoisotopic (exact) mass is 654 g/mol. The zero-order chi connectivity index (χ0) is 32.9. The largest absolute Gasteiger partial charge is 0.392 e. The lowest BCUT2D eigenvalue weighted by atomic mass is 9.98. The Balaban J connectivity index is 1.06. The van der Waals surface area contributed by atoms with E-state index in [1.807, 2.05) is 18.3 Å². The van der Waals surface area contributed by atoms with Gasteiger partial charge in [0.2, 0.25) is 0 Å². The Morgan fingerprint density at radius 1 is 1.06 bits per heavy atom. The van der Waals surface area contributed by atoms with Crippen LogP contribution in [0, 0.1) is 5.82 Å². The molecule has 12 nitrogen and oxygen atoms in total. The molecule has 0 aromatic carbocycles. The molecule has 4 aromatic heterocycles. The molecule has 13 heteroatoms. The zero-order valence-corrected chi connectivity index (χ0v) is 26.8. The van der Waals surface area contributed by atoms with Crippen LogP contribution in [0.25, 0.3) is 16.9 Å². The molecule has 8 rings (SSSR count). The molecule has 1 atom stereocenters. The molecule has 3 N–H and O–H groups in total. The van der Waals surface area contributed by atoms with E-state index in [1.165, 1.54) is 4.57 Å². The van der Waals surface area contributed by atoms with E-state index in [0.717, 1.165) is 70.0 Å². The second-order valence-electron chi connectivity index (χ2n) is 12.9. The molecule has 4 aliphatic rings. The van der Waals surface area contributed by atoms with Gasteiger partial charge in [-0.25, -0.2) is 14.4 Å². The van der Waals surface area contributed by atoms with Gasteiger partial charge < -0.3 is 34.5 Å². The third kappa shape index (κ3) is 5.27. The molecule has 2 saturated heterocycles. The highest BCUT2D eigenvalue weighted by atomic mass is 19.1. The molecule has 0 bridgehead atoms.